The van der Waals surface area contributed by atoms with Gasteiger partial charge in [0.05, 0.1) is 26.1 Å². The van der Waals surface area contributed by atoms with Gasteiger partial charge >= 0.3 is 11.9 Å². The molecule has 106 valence electrons. The lowest BCUT2D eigenvalue weighted by atomic mass is 9.83. The van der Waals surface area contributed by atoms with Crippen LogP contribution in [0.15, 0.2) is 24.3 Å². The van der Waals surface area contributed by atoms with Gasteiger partial charge in [-0.05, 0) is 35.5 Å². The Kier molecular flexibility index (Phi) is 2.41. The summed E-state index contributed by atoms with van der Waals surface area (Å²) in [7, 11) is 2.92. The quantitative estimate of drug-likeness (QED) is 0.564. The van der Waals surface area contributed by atoms with Crippen molar-refractivity contribution in [2.45, 2.75) is 0 Å². The van der Waals surface area contributed by atoms with Crippen LogP contribution in [0.3, 0.4) is 0 Å². The minimum Gasteiger partial charge on any atom is -0.469 e. The summed E-state index contributed by atoms with van der Waals surface area (Å²) in [6, 6.07) is 0. The Labute approximate surface area is 117 Å². The second-order valence-electron chi connectivity index (χ2n) is 6.33. The van der Waals surface area contributed by atoms with Crippen molar-refractivity contribution in [3.8, 4) is 0 Å². The SMILES string of the molecule is COC(=O)C1[C@H]2C=C[C@H]3C(C(=O)OC)[C@H]4C=C[C@@H]1C4C23. The van der Waals surface area contributed by atoms with Gasteiger partial charge in [0.15, 0.2) is 0 Å². The predicted molar refractivity (Wildman–Crippen MR) is 70.2 cm³/mol. The van der Waals surface area contributed by atoms with Gasteiger partial charge in [0.1, 0.15) is 0 Å². The molecule has 4 nitrogen and oxygen atoms in total. The first-order chi connectivity index (χ1) is 9.69. The molecule has 20 heavy (non-hydrogen) atoms. The molecule has 0 aliphatic heterocycles. The molecule has 0 saturated heterocycles. The molecule has 0 aromatic carbocycles. The fraction of sp³-hybridized carbons (Fsp3) is 0.625. The van der Waals surface area contributed by atoms with E-state index in [0.29, 0.717) is 11.8 Å². The van der Waals surface area contributed by atoms with Crippen molar-refractivity contribution in [3.05, 3.63) is 24.3 Å². The summed E-state index contributed by atoms with van der Waals surface area (Å²) < 4.78 is 10.00. The molecule has 4 unspecified atom stereocenters. The lowest BCUT2D eigenvalue weighted by molar-refractivity contribution is -0.148. The monoisotopic (exact) mass is 274 g/mol. The summed E-state index contributed by atoms with van der Waals surface area (Å²) >= 11 is 0. The summed E-state index contributed by atoms with van der Waals surface area (Å²) in [6.07, 6.45) is 8.54. The van der Waals surface area contributed by atoms with Crippen LogP contribution in [0.5, 0.6) is 0 Å². The molecule has 0 bridgehead atoms. The van der Waals surface area contributed by atoms with Crippen LogP contribution in [-0.4, -0.2) is 26.2 Å². The van der Waals surface area contributed by atoms with Gasteiger partial charge in [0.2, 0.25) is 0 Å². The molecule has 0 aromatic rings. The van der Waals surface area contributed by atoms with E-state index in [4.69, 9.17) is 9.47 Å². The van der Waals surface area contributed by atoms with Crippen LogP contribution >= 0.6 is 0 Å². The smallest absolute Gasteiger partial charge is 0.309 e. The van der Waals surface area contributed by atoms with E-state index in [-0.39, 0.29) is 47.4 Å². The molecule has 4 aliphatic rings. The lowest BCUT2D eigenvalue weighted by Gasteiger charge is -2.21. The first-order valence-electron chi connectivity index (χ1n) is 7.21. The Bertz CT molecular complexity index is 459. The highest BCUT2D eigenvalue weighted by molar-refractivity contribution is 5.78. The van der Waals surface area contributed by atoms with Crippen molar-refractivity contribution in [1.29, 1.82) is 0 Å². The number of allylic oxidation sites excluding steroid dienone is 4. The molecular weight excluding hydrogens is 256 g/mol. The summed E-state index contributed by atoms with van der Waals surface area (Å²) in [5.41, 5.74) is 0. The number of ether oxygens (including phenoxy) is 2. The van der Waals surface area contributed by atoms with E-state index in [1.54, 1.807) is 0 Å². The molecule has 0 amide bonds. The Balaban J connectivity index is 1.74. The van der Waals surface area contributed by atoms with Gasteiger partial charge in [-0.25, -0.2) is 0 Å². The lowest BCUT2D eigenvalue weighted by Crippen LogP contribution is -2.29. The highest BCUT2D eigenvalue weighted by Crippen LogP contribution is 2.67. The third kappa shape index (κ3) is 1.23. The van der Waals surface area contributed by atoms with Crippen molar-refractivity contribution < 1.29 is 19.1 Å². The topological polar surface area (TPSA) is 52.6 Å². The summed E-state index contributed by atoms with van der Waals surface area (Å²) in [5, 5.41) is 0. The van der Waals surface area contributed by atoms with Crippen LogP contribution in [0.4, 0.5) is 0 Å². The molecule has 4 aliphatic carbocycles. The number of rotatable bonds is 2. The highest BCUT2D eigenvalue weighted by Gasteiger charge is 2.67. The van der Waals surface area contributed by atoms with E-state index in [1.807, 2.05) is 0 Å². The average Bonchev–Trinajstić information content (AvgIpc) is 3.15. The standard InChI is InChI=1S/C16H18O4/c1-19-15(17)13-7-3-5-9-11(7)12-8(13)4-6-10(12)14(9)16(18)20-2/h3-14H,1-2H3/t7-,8+,9+,10-,11?,12?,13?,14?. The van der Waals surface area contributed by atoms with Gasteiger partial charge in [-0.3, -0.25) is 9.59 Å². The van der Waals surface area contributed by atoms with Gasteiger partial charge in [-0.15, -0.1) is 0 Å². The molecule has 0 radical (unpaired) electrons. The van der Waals surface area contributed by atoms with Crippen LogP contribution < -0.4 is 0 Å². The molecular formula is C16H18O4. The Hall–Kier alpha value is -1.58. The van der Waals surface area contributed by atoms with Gasteiger partial charge < -0.3 is 9.47 Å². The number of methoxy groups -OCH3 is 2. The Morgan fingerprint density at radius 3 is 1.25 bits per heavy atom. The van der Waals surface area contributed by atoms with E-state index in [1.165, 1.54) is 14.2 Å². The van der Waals surface area contributed by atoms with Crippen LogP contribution in [0.25, 0.3) is 0 Å². The molecule has 0 heterocycles. The summed E-state index contributed by atoms with van der Waals surface area (Å²) in [4.78, 5) is 24.2. The van der Waals surface area contributed by atoms with Gasteiger partial charge in [-0.1, -0.05) is 24.3 Å². The molecule has 8 atom stereocenters. The van der Waals surface area contributed by atoms with Crippen molar-refractivity contribution in [2.24, 2.45) is 47.3 Å². The second kappa shape index (κ2) is 3.96. The number of carbonyl (C=O) groups excluding carboxylic acids is 2. The molecule has 0 aromatic heterocycles. The first kappa shape index (κ1) is 12.2. The average molecular weight is 274 g/mol. The summed E-state index contributed by atoms with van der Waals surface area (Å²) in [5.74, 6) is 1.33. The molecule has 4 rings (SSSR count). The second-order valence-corrected chi connectivity index (χ2v) is 6.33. The predicted octanol–water partition coefficient (Wildman–Crippen LogP) is 1.43. The molecule has 4 heteroatoms. The number of hydrogen-bond acceptors (Lipinski definition) is 4. The molecule has 0 N–H and O–H groups in total. The largest absolute Gasteiger partial charge is 0.469 e. The fourth-order valence-electron chi connectivity index (χ4n) is 5.42. The number of hydrogen-bond donors (Lipinski definition) is 0. The Morgan fingerprint density at radius 1 is 0.700 bits per heavy atom. The van der Waals surface area contributed by atoms with Crippen molar-refractivity contribution in [3.63, 3.8) is 0 Å². The molecule has 2 saturated carbocycles. The van der Waals surface area contributed by atoms with E-state index in [0.717, 1.165) is 0 Å². The van der Waals surface area contributed by atoms with E-state index in [9.17, 15) is 9.59 Å². The summed E-state index contributed by atoms with van der Waals surface area (Å²) in [6.45, 7) is 0. The van der Waals surface area contributed by atoms with E-state index >= 15 is 0 Å². The minimum absolute atomic E-state index is 0.0731. The van der Waals surface area contributed by atoms with E-state index < -0.39 is 0 Å². The van der Waals surface area contributed by atoms with Crippen LogP contribution in [-0.2, 0) is 19.1 Å². The number of carbonyl (C=O) groups is 2. The third-order valence-electron chi connectivity index (χ3n) is 5.94. The van der Waals surface area contributed by atoms with Gasteiger partial charge in [0, 0.05) is 0 Å². The number of esters is 2. The normalized spacial score (nSPS) is 49.5. The van der Waals surface area contributed by atoms with Crippen molar-refractivity contribution in [2.75, 3.05) is 14.2 Å². The third-order valence-corrected chi connectivity index (χ3v) is 5.94. The Morgan fingerprint density at radius 2 is 1.00 bits per heavy atom. The zero-order valence-electron chi connectivity index (χ0n) is 11.6. The van der Waals surface area contributed by atoms with Crippen molar-refractivity contribution in [1.82, 2.24) is 0 Å². The van der Waals surface area contributed by atoms with Crippen LogP contribution in [0, 0.1) is 47.3 Å². The molecule has 0 spiro atoms. The molecule has 2 fully saturated rings. The maximum absolute atomic E-state index is 12.1. The minimum atomic E-state index is -0.111. The highest BCUT2D eigenvalue weighted by atomic mass is 16.5. The van der Waals surface area contributed by atoms with E-state index in [2.05, 4.69) is 24.3 Å². The maximum Gasteiger partial charge on any atom is 0.309 e. The van der Waals surface area contributed by atoms with Gasteiger partial charge in [0.25, 0.3) is 0 Å². The van der Waals surface area contributed by atoms with Crippen LogP contribution in [0.2, 0.25) is 0 Å². The van der Waals surface area contributed by atoms with Crippen LogP contribution in [0.1, 0.15) is 0 Å². The first-order valence-corrected chi connectivity index (χ1v) is 7.21. The van der Waals surface area contributed by atoms with Gasteiger partial charge in [-0.2, -0.15) is 0 Å². The van der Waals surface area contributed by atoms with Crippen molar-refractivity contribution >= 4 is 11.9 Å². The fourth-order valence-corrected chi connectivity index (χ4v) is 5.42. The zero-order valence-corrected chi connectivity index (χ0v) is 11.6. The maximum atomic E-state index is 12.1. The zero-order chi connectivity index (χ0) is 14.0.